The number of aryl methyl sites for hydroxylation is 2. The molecular weight excluding hydrogens is 266 g/mol. The number of hydrogen-bond donors (Lipinski definition) is 2. The molecule has 0 bridgehead atoms. The normalized spacial score (nSPS) is 10.4. The highest BCUT2D eigenvalue weighted by molar-refractivity contribution is 5.94. The van der Waals surface area contributed by atoms with Crippen LogP contribution in [0.5, 0.6) is 5.75 Å². The number of carbonyl (C=O) groups is 1. The zero-order valence-electron chi connectivity index (χ0n) is 12.5. The first-order valence-corrected chi connectivity index (χ1v) is 7.20. The van der Waals surface area contributed by atoms with E-state index in [0.717, 1.165) is 24.3 Å². The van der Waals surface area contributed by atoms with Crippen LogP contribution in [0.25, 0.3) is 0 Å². The number of nitrogens with one attached hydrogen (secondary N) is 2. The van der Waals surface area contributed by atoms with E-state index in [9.17, 15) is 4.79 Å². The highest BCUT2D eigenvalue weighted by atomic mass is 16.5. The standard InChI is InChI=1S/C16H21N3O2/c1-3-21-15-8-6-13(7-9-15)16(20)17-10-4-5-14-11-18-19-12(14)2/h6-9,11H,3-5,10H2,1-2H3,(H,17,20)(H,18,19). The monoisotopic (exact) mass is 287 g/mol. The summed E-state index contributed by atoms with van der Waals surface area (Å²) in [5, 5.41) is 9.81. The van der Waals surface area contributed by atoms with E-state index >= 15 is 0 Å². The summed E-state index contributed by atoms with van der Waals surface area (Å²) in [7, 11) is 0. The molecule has 112 valence electrons. The molecule has 0 aliphatic rings. The lowest BCUT2D eigenvalue weighted by molar-refractivity contribution is 0.0953. The molecule has 0 aliphatic heterocycles. The van der Waals surface area contributed by atoms with Crippen molar-refractivity contribution in [3.05, 3.63) is 47.3 Å². The average Bonchev–Trinajstić information content (AvgIpc) is 2.90. The van der Waals surface area contributed by atoms with Crippen LogP contribution >= 0.6 is 0 Å². The highest BCUT2D eigenvalue weighted by Gasteiger charge is 2.05. The molecular formula is C16H21N3O2. The van der Waals surface area contributed by atoms with Crippen molar-refractivity contribution in [2.75, 3.05) is 13.2 Å². The summed E-state index contributed by atoms with van der Waals surface area (Å²) < 4.78 is 5.35. The third-order valence-corrected chi connectivity index (χ3v) is 3.27. The van der Waals surface area contributed by atoms with Gasteiger partial charge in [-0.1, -0.05) is 0 Å². The van der Waals surface area contributed by atoms with Gasteiger partial charge in [0, 0.05) is 17.8 Å². The SMILES string of the molecule is CCOc1ccc(C(=O)NCCCc2cn[nH]c2C)cc1. The summed E-state index contributed by atoms with van der Waals surface area (Å²) in [6.07, 6.45) is 3.64. The van der Waals surface area contributed by atoms with E-state index in [1.807, 2.05) is 32.2 Å². The fourth-order valence-corrected chi connectivity index (χ4v) is 2.08. The Hall–Kier alpha value is -2.30. The minimum Gasteiger partial charge on any atom is -0.494 e. The lowest BCUT2D eigenvalue weighted by atomic mass is 10.1. The van der Waals surface area contributed by atoms with Crippen LogP contribution < -0.4 is 10.1 Å². The fourth-order valence-electron chi connectivity index (χ4n) is 2.08. The van der Waals surface area contributed by atoms with Crippen LogP contribution in [-0.4, -0.2) is 29.3 Å². The number of rotatable bonds is 7. The van der Waals surface area contributed by atoms with E-state index in [1.54, 1.807) is 12.1 Å². The molecule has 5 heteroatoms. The molecule has 0 radical (unpaired) electrons. The molecule has 0 atom stereocenters. The molecule has 1 aromatic carbocycles. The summed E-state index contributed by atoms with van der Waals surface area (Å²) in [5.41, 5.74) is 2.94. The Bertz CT molecular complexity index is 575. The quantitative estimate of drug-likeness (QED) is 0.769. The van der Waals surface area contributed by atoms with Gasteiger partial charge in [-0.3, -0.25) is 9.89 Å². The van der Waals surface area contributed by atoms with Gasteiger partial charge in [-0.2, -0.15) is 5.10 Å². The summed E-state index contributed by atoms with van der Waals surface area (Å²) in [6, 6.07) is 7.18. The fraction of sp³-hybridized carbons (Fsp3) is 0.375. The largest absolute Gasteiger partial charge is 0.494 e. The highest BCUT2D eigenvalue weighted by Crippen LogP contribution is 2.12. The molecule has 0 saturated carbocycles. The van der Waals surface area contributed by atoms with Crippen molar-refractivity contribution in [3.8, 4) is 5.75 Å². The maximum absolute atomic E-state index is 12.0. The zero-order valence-corrected chi connectivity index (χ0v) is 12.5. The van der Waals surface area contributed by atoms with Crippen LogP contribution in [0.4, 0.5) is 0 Å². The molecule has 5 nitrogen and oxygen atoms in total. The number of carbonyl (C=O) groups excluding carboxylic acids is 1. The predicted molar refractivity (Wildman–Crippen MR) is 81.6 cm³/mol. The molecule has 2 aromatic rings. The molecule has 0 spiro atoms. The average molecular weight is 287 g/mol. The molecule has 0 fully saturated rings. The van der Waals surface area contributed by atoms with Gasteiger partial charge in [0.15, 0.2) is 0 Å². The number of H-pyrrole nitrogens is 1. The van der Waals surface area contributed by atoms with Crippen molar-refractivity contribution in [1.82, 2.24) is 15.5 Å². The van der Waals surface area contributed by atoms with E-state index in [-0.39, 0.29) is 5.91 Å². The molecule has 1 aromatic heterocycles. The third kappa shape index (κ3) is 4.34. The Kier molecular flexibility index (Phi) is 5.37. The van der Waals surface area contributed by atoms with Crippen molar-refractivity contribution in [2.24, 2.45) is 0 Å². The molecule has 0 aliphatic carbocycles. The molecule has 2 N–H and O–H groups in total. The Morgan fingerprint density at radius 2 is 2.10 bits per heavy atom. The molecule has 0 unspecified atom stereocenters. The van der Waals surface area contributed by atoms with Crippen molar-refractivity contribution in [3.63, 3.8) is 0 Å². The Balaban J connectivity index is 1.75. The molecule has 21 heavy (non-hydrogen) atoms. The lowest BCUT2D eigenvalue weighted by Crippen LogP contribution is -2.24. The molecule has 2 rings (SSSR count). The van der Waals surface area contributed by atoms with Crippen LogP contribution in [0.1, 0.15) is 35.0 Å². The first-order chi connectivity index (χ1) is 10.2. The summed E-state index contributed by atoms with van der Waals surface area (Å²) in [4.78, 5) is 12.0. The van der Waals surface area contributed by atoms with E-state index in [0.29, 0.717) is 18.7 Å². The van der Waals surface area contributed by atoms with Gasteiger partial charge in [-0.25, -0.2) is 0 Å². The Labute approximate surface area is 124 Å². The predicted octanol–water partition coefficient (Wildman–Crippen LogP) is 2.48. The topological polar surface area (TPSA) is 67.0 Å². The van der Waals surface area contributed by atoms with Gasteiger partial charge in [-0.05, 0) is 56.5 Å². The van der Waals surface area contributed by atoms with Crippen molar-refractivity contribution in [1.29, 1.82) is 0 Å². The smallest absolute Gasteiger partial charge is 0.251 e. The maximum atomic E-state index is 12.0. The molecule has 1 amide bonds. The van der Waals surface area contributed by atoms with Gasteiger partial charge < -0.3 is 10.1 Å². The third-order valence-electron chi connectivity index (χ3n) is 3.27. The molecule has 0 saturated heterocycles. The second-order valence-electron chi connectivity index (χ2n) is 4.84. The lowest BCUT2D eigenvalue weighted by Gasteiger charge is -2.06. The number of amides is 1. The summed E-state index contributed by atoms with van der Waals surface area (Å²) in [6.45, 7) is 5.21. The van der Waals surface area contributed by atoms with Gasteiger partial charge in [-0.15, -0.1) is 0 Å². The minimum atomic E-state index is -0.0537. The maximum Gasteiger partial charge on any atom is 0.251 e. The van der Waals surface area contributed by atoms with Crippen molar-refractivity contribution in [2.45, 2.75) is 26.7 Å². The van der Waals surface area contributed by atoms with Crippen LogP contribution in [-0.2, 0) is 6.42 Å². The Morgan fingerprint density at radius 3 is 2.71 bits per heavy atom. The number of aromatic nitrogens is 2. The second kappa shape index (κ2) is 7.47. The van der Waals surface area contributed by atoms with Crippen LogP contribution in [0.15, 0.2) is 30.5 Å². The second-order valence-corrected chi connectivity index (χ2v) is 4.84. The van der Waals surface area contributed by atoms with Crippen LogP contribution in [0.2, 0.25) is 0 Å². The first kappa shape index (κ1) is 15.1. The number of ether oxygens (including phenoxy) is 1. The van der Waals surface area contributed by atoms with Crippen molar-refractivity contribution >= 4 is 5.91 Å². The number of hydrogen-bond acceptors (Lipinski definition) is 3. The Morgan fingerprint density at radius 1 is 1.33 bits per heavy atom. The van der Waals surface area contributed by atoms with E-state index < -0.39 is 0 Å². The zero-order chi connectivity index (χ0) is 15.1. The molecule has 1 heterocycles. The van der Waals surface area contributed by atoms with Gasteiger partial charge in [0.05, 0.1) is 12.8 Å². The van der Waals surface area contributed by atoms with Gasteiger partial charge in [0.2, 0.25) is 0 Å². The minimum absolute atomic E-state index is 0.0537. The van der Waals surface area contributed by atoms with E-state index in [4.69, 9.17) is 4.74 Å². The van der Waals surface area contributed by atoms with Gasteiger partial charge >= 0.3 is 0 Å². The van der Waals surface area contributed by atoms with Crippen LogP contribution in [0, 0.1) is 6.92 Å². The summed E-state index contributed by atoms with van der Waals surface area (Å²) in [5.74, 6) is 0.728. The van der Waals surface area contributed by atoms with Crippen molar-refractivity contribution < 1.29 is 9.53 Å². The van der Waals surface area contributed by atoms with E-state index in [2.05, 4.69) is 15.5 Å². The van der Waals surface area contributed by atoms with E-state index in [1.165, 1.54) is 5.56 Å². The summed E-state index contributed by atoms with van der Waals surface area (Å²) >= 11 is 0. The number of nitrogens with zero attached hydrogens (tertiary/aromatic N) is 1. The van der Waals surface area contributed by atoms with Crippen LogP contribution in [0.3, 0.4) is 0 Å². The van der Waals surface area contributed by atoms with Gasteiger partial charge in [0.1, 0.15) is 5.75 Å². The first-order valence-electron chi connectivity index (χ1n) is 7.20. The number of benzene rings is 1. The van der Waals surface area contributed by atoms with Gasteiger partial charge in [0.25, 0.3) is 5.91 Å². The number of aromatic amines is 1.